The van der Waals surface area contributed by atoms with Crippen molar-refractivity contribution in [1.82, 2.24) is 0 Å². The molecule has 0 saturated heterocycles. The standard InChI is InChI=1S/C10H13ClO3S/c1-8(6-12)15(13,14)7-9-3-2-4-10(11)5-9/h2-5,8,12H,6-7H2,1H3/t8-/m0/s1. The number of hydrogen-bond acceptors (Lipinski definition) is 3. The number of halogens is 1. The molecule has 5 heteroatoms. The van der Waals surface area contributed by atoms with Crippen molar-refractivity contribution in [3.63, 3.8) is 0 Å². The Bertz CT molecular complexity index is 428. The van der Waals surface area contributed by atoms with Gasteiger partial charge < -0.3 is 5.11 Å². The molecule has 0 bridgehead atoms. The average molecular weight is 249 g/mol. The van der Waals surface area contributed by atoms with Crippen LogP contribution in [-0.4, -0.2) is 25.4 Å². The van der Waals surface area contributed by atoms with E-state index in [2.05, 4.69) is 0 Å². The van der Waals surface area contributed by atoms with Crippen LogP contribution in [0.4, 0.5) is 0 Å². The zero-order valence-corrected chi connectivity index (χ0v) is 9.92. The van der Waals surface area contributed by atoms with Crippen molar-refractivity contribution < 1.29 is 13.5 Å². The van der Waals surface area contributed by atoms with Gasteiger partial charge in [0.1, 0.15) is 0 Å². The van der Waals surface area contributed by atoms with Gasteiger partial charge in [0.15, 0.2) is 9.84 Å². The highest BCUT2D eigenvalue weighted by atomic mass is 35.5. The van der Waals surface area contributed by atoms with Gasteiger partial charge in [-0.25, -0.2) is 8.42 Å². The number of hydrogen-bond donors (Lipinski definition) is 1. The summed E-state index contributed by atoms with van der Waals surface area (Å²) in [6.07, 6.45) is 0. The highest BCUT2D eigenvalue weighted by Gasteiger charge is 2.20. The maximum atomic E-state index is 11.6. The Labute approximate surface area is 94.6 Å². The van der Waals surface area contributed by atoms with Crippen LogP contribution in [0.25, 0.3) is 0 Å². The summed E-state index contributed by atoms with van der Waals surface area (Å²) in [6, 6.07) is 6.71. The van der Waals surface area contributed by atoms with E-state index in [1.807, 2.05) is 0 Å². The second-order valence-corrected chi connectivity index (χ2v) is 6.29. The molecule has 0 aliphatic heterocycles. The van der Waals surface area contributed by atoms with Crippen molar-refractivity contribution in [2.75, 3.05) is 6.61 Å². The Hall–Kier alpha value is -0.580. The van der Waals surface area contributed by atoms with E-state index < -0.39 is 15.1 Å². The van der Waals surface area contributed by atoms with Crippen LogP contribution in [0.2, 0.25) is 5.02 Å². The topological polar surface area (TPSA) is 54.4 Å². The Kier molecular flexibility index (Phi) is 4.13. The molecule has 3 nitrogen and oxygen atoms in total. The van der Waals surface area contributed by atoms with E-state index in [-0.39, 0.29) is 12.4 Å². The summed E-state index contributed by atoms with van der Waals surface area (Å²) in [5, 5.41) is 8.57. The first-order valence-corrected chi connectivity index (χ1v) is 6.62. The van der Waals surface area contributed by atoms with Crippen LogP contribution in [-0.2, 0) is 15.6 Å². The van der Waals surface area contributed by atoms with Crippen LogP contribution >= 0.6 is 11.6 Å². The lowest BCUT2D eigenvalue weighted by molar-refractivity contribution is 0.295. The fourth-order valence-corrected chi connectivity index (χ4v) is 2.48. The number of rotatable bonds is 4. The van der Waals surface area contributed by atoms with Crippen molar-refractivity contribution >= 4 is 21.4 Å². The Morgan fingerprint density at radius 2 is 2.13 bits per heavy atom. The molecule has 1 N–H and O–H groups in total. The number of aliphatic hydroxyl groups is 1. The van der Waals surface area contributed by atoms with E-state index in [4.69, 9.17) is 16.7 Å². The summed E-state index contributed by atoms with van der Waals surface area (Å²) in [5.41, 5.74) is 0.641. The first kappa shape index (κ1) is 12.5. The lowest BCUT2D eigenvalue weighted by atomic mass is 10.2. The molecule has 0 aliphatic carbocycles. The number of benzene rings is 1. The summed E-state index contributed by atoms with van der Waals surface area (Å²) in [6.45, 7) is 1.13. The Morgan fingerprint density at radius 3 is 2.67 bits per heavy atom. The van der Waals surface area contributed by atoms with Gasteiger partial charge in [-0.05, 0) is 24.6 Å². The monoisotopic (exact) mass is 248 g/mol. The zero-order valence-electron chi connectivity index (χ0n) is 8.35. The van der Waals surface area contributed by atoms with Crippen molar-refractivity contribution in [1.29, 1.82) is 0 Å². The lowest BCUT2D eigenvalue weighted by Crippen LogP contribution is -2.23. The van der Waals surface area contributed by atoms with Crippen molar-refractivity contribution in [2.45, 2.75) is 17.9 Å². The lowest BCUT2D eigenvalue weighted by Gasteiger charge is -2.09. The molecular formula is C10H13ClO3S. The van der Waals surface area contributed by atoms with Gasteiger partial charge in [-0.1, -0.05) is 23.7 Å². The predicted octanol–water partition coefficient (Wildman–Crippen LogP) is 1.64. The van der Waals surface area contributed by atoms with E-state index in [1.54, 1.807) is 24.3 Å². The van der Waals surface area contributed by atoms with E-state index >= 15 is 0 Å². The smallest absolute Gasteiger partial charge is 0.159 e. The third-order valence-corrected chi connectivity index (χ3v) is 4.47. The van der Waals surface area contributed by atoms with E-state index in [1.165, 1.54) is 6.92 Å². The molecule has 0 unspecified atom stereocenters. The summed E-state index contributed by atoms with van der Waals surface area (Å²) >= 11 is 5.74. The van der Waals surface area contributed by atoms with E-state index in [9.17, 15) is 8.42 Å². The molecule has 0 radical (unpaired) electrons. The molecule has 15 heavy (non-hydrogen) atoms. The SMILES string of the molecule is C[C@@H](CO)S(=O)(=O)Cc1cccc(Cl)c1. The summed E-state index contributed by atoms with van der Waals surface area (Å²) < 4.78 is 23.3. The van der Waals surface area contributed by atoms with E-state index in [0.29, 0.717) is 10.6 Å². The first-order chi connectivity index (χ1) is 6.95. The summed E-state index contributed by atoms with van der Waals surface area (Å²) in [7, 11) is -3.29. The molecular weight excluding hydrogens is 236 g/mol. The fraction of sp³-hybridized carbons (Fsp3) is 0.400. The van der Waals surface area contributed by atoms with Gasteiger partial charge in [0.2, 0.25) is 0 Å². The maximum absolute atomic E-state index is 11.6. The van der Waals surface area contributed by atoms with Crippen LogP contribution in [0.5, 0.6) is 0 Å². The normalized spacial score (nSPS) is 13.8. The molecule has 0 spiro atoms. The van der Waals surface area contributed by atoms with E-state index in [0.717, 1.165) is 0 Å². The molecule has 0 fully saturated rings. The average Bonchev–Trinajstić information content (AvgIpc) is 2.15. The summed E-state index contributed by atoms with van der Waals surface area (Å²) in [5.74, 6) is -0.0880. The second kappa shape index (κ2) is 4.96. The first-order valence-electron chi connectivity index (χ1n) is 4.52. The predicted molar refractivity (Wildman–Crippen MR) is 60.6 cm³/mol. The Morgan fingerprint density at radius 1 is 1.47 bits per heavy atom. The molecule has 1 rings (SSSR count). The maximum Gasteiger partial charge on any atom is 0.159 e. The third-order valence-electron chi connectivity index (χ3n) is 2.13. The zero-order chi connectivity index (χ0) is 11.5. The van der Waals surface area contributed by atoms with Gasteiger partial charge in [-0.15, -0.1) is 0 Å². The minimum atomic E-state index is -3.29. The third kappa shape index (κ3) is 3.48. The van der Waals surface area contributed by atoms with Gasteiger partial charge in [-0.2, -0.15) is 0 Å². The number of aliphatic hydroxyl groups excluding tert-OH is 1. The summed E-state index contributed by atoms with van der Waals surface area (Å²) in [4.78, 5) is 0. The molecule has 0 aromatic heterocycles. The largest absolute Gasteiger partial charge is 0.395 e. The minimum absolute atomic E-state index is 0.0880. The molecule has 0 heterocycles. The molecule has 1 aromatic carbocycles. The number of sulfone groups is 1. The van der Waals surface area contributed by atoms with Crippen LogP contribution in [0, 0.1) is 0 Å². The van der Waals surface area contributed by atoms with Gasteiger partial charge in [0.25, 0.3) is 0 Å². The van der Waals surface area contributed by atoms with Crippen molar-refractivity contribution in [2.24, 2.45) is 0 Å². The highest BCUT2D eigenvalue weighted by Crippen LogP contribution is 2.15. The minimum Gasteiger partial charge on any atom is -0.395 e. The second-order valence-electron chi connectivity index (χ2n) is 3.43. The van der Waals surface area contributed by atoms with Gasteiger partial charge >= 0.3 is 0 Å². The van der Waals surface area contributed by atoms with Gasteiger partial charge in [-0.3, -0.25) is 0 Å². The molecule has 1 atom stereocenters. The van der Waals surface area contributed by atoms with Crippen LogP contribution in [0.1, 0.15) is 12.5 Å². The molecule has 1 aromatic rings. The van der Waals surface area contributed by atoms with Gasteiger partial charge in [0, 0.05) is 5.02 Å². The molecule has 84 valence electrons. The van der Waals surface area contributed by atoms with Crippen LogP contribution in [0.3, 0.4) is 0 Å². The fourth-order valence-electron chi connectivity index (χ4n) is 1.11. The molecule has 0 saturated carbocycles. The molecule has 0 amide bonds. The quantitative estimate of drug-likeness (QED) is 0.881. The van der Waals surface area contributed by atoms with Crippen molar-refractivity contribution in [3.8, 4) is 0 Å². The van der Waals surface area contributed by atoms with Gasteiger partial charge in [0.05, 0.1) is 17.6 Å². The Balaban J connectivity index is 2.87. The molecule has 0 aliphatic rings. The highest BCUT2D eigenvalue weighted by molar-refractivity contribution is 7.91. The van der Waals surface area contributed by atoms with Crippen LogP contribution < -0.4 is 0 Å². The van der Waals surface area contributed by atoms with Crippen molar-refractivity contribution in [3.05, 3.63) is 34.9 Å². The van der Waals surface area contributed by atoms with Crippen LogP contribution in [0.15, 0.2) is 24.3 Å².